The molecule has 0 saturated heterocycles. The first-order valence-electron chi connectivity index (χ1n) is 11.2. The number of rotatable bonds is 6. The monoisotopic (exact) mass is 486 g/mol. The molecule has 0 unspecified atom stereocenters. The second kappa shape index (κ2) is 9.29. The minimum absolute atomic E-state index is 0.0724. The minimum atomic E-state index is -4.62. The molecule has 3 rings (SSSR count). The summed E-state index contributed by atoms with van der Waals surface area (Å²) in [7, 11) is -4.03. The molecular formula is C23H33F3N4O2S. The Labute approximate surface area is 193 Å². The average Bonchev–Trinajstić information content (AvgIpc) is 3.02. The van der Waals surface area contributed by atoms with Gasteiger partial charge >= 0.3 is 6.18 Å². The van der Waals surface area contributed by atoms with Crippen LogP contribution in [0.1, 0.15) is 64.1 Å². The van der Waals surface area contributed by atoms with E-state index in [1.165, 1.54) is 18.7 Å². The van der Waals surface area contributed by atoms with Gasteiger partial charge in [0, 0.05) is 30.5 Å². The summed E-state index contributed by atoms with van der Waals surface area (Å²) in [5.41, 5.74) is -0.106. The van der Waals surface area contributed by atoms with Crippen LogP contribution in [0.2, 0.25) is 0 Å². The number of hydrogen-bond acceptors (Lipinski definition) is 4. The average molecular weight is 487 g/mol. The molecule has 0 bridgehead atoms. The van der Waals surface area contributed by atoms with Crippen LogP contribution >= 0.6 is 0 Å². The van der Waals surface area contributed by atoms with E-state index in [4.69, 9.17) is 5.14 Å². The van der Waals surface area contributed by atoms with E-state index >= 15 is 0 Å². The zero-order chi connectivity index (χ0) is 24.6. The van der Waals surface area contributed by atoms with Gasteiger partial charge in [0.2, 0.25) is 10.0 Å². The third kappa shape index (κ3) is 6.29. The van der Waals surface area contributed by atoms with Crippen molar-refractivity contribution in [2.24, 2.45) is 16.5 Å². The number of sulfonamides is 1. The van der Waals surface area contributed by atoms with Crippen molar-refractivity contribution in [1.29, 1.82) is 0 Å². The Hall–Kier alpha value is -2.07. The van der Waals surface area contributed by atoms with Crippen molar-refractivity contribution < 1.29 is 21.6 Å². The van der Waals surface area contributed by atoms with Crippen LogP contribution in [0.3, 0.4) is 0 Å². The molecule has 0 radical (unpaired) electrons. The SMILES string of the molecule is Cc1c(S(N)(=O)=O)cc(-c2cnc(NCC(C)(C)C)c(C(F)(F)F)c2)n1CC1CCCCC1. The lowest BCUT2D eigenvalue weighted by Gasteiger charge is -2.25. The van der Waals surface area contributed by atoms with Crippen molar-refractivity contribution in [2.75, 3.05) is 11.9 Å². The number of hydrogen-bond donors (Lipinski definition) is 2. The maximum Gasteiger partial charge on any atom is 0.419 e. The van der Waals surface area contributed by atoms with Crippen molar-refractivity contribution in [3.8, 4) is 11.3 Å². The van der Waals surface area contributed by atoms with Crippen LogP contribution in [0.5, 0.6) is 0 Å². The van der Waals surface area contributed by atoms with Gasteiger partial charge in [0.05, 0.1) is 11.3 Å². The molecule has 2 aromatic rings. The second-order valence-electron chi connectivity index (χ2n) is 10.2. The van der Waals surface area contributed by atoms with E-state index in [9.17, 15) is 21.6 Å². The zero-order valence-electron chi connectivity index (χ0n) is 19.6. The van der Waals surface area contributed by atoms with Gasteiger partial charge in [0.25, 0.3) is 0 Å². The van der Waals surface area contributed by atoms with Crippen molar-refractivity contribution in [2.45, 2.75) is 77.4 Å². The van der Waals surface area contributed by atoms with Gasteiger partial charge in [-0.15, -0.1) is 0 Å². The lowest BCUT2D eigenvalue weighted by atomic mass is 9.89. The number of pyridine rings is 1. The molecule has 1 aliphatic rings. The molecule has 0 spiro atoms. The standard InChI is InChI=1S/C23H33F3N4O2S/c1-15-20(33(27,31)32)11-19(30(15)13-16-8-6-5-7-9-16)17-10-18(23(24,25)26)21(28-12-17)29-14-22(2,3)4/h10-12,16H,5-9,13-14H2,1-4H3,(H,28,29)(H2,27,31,32). The number of anilines is 1. The van der Waals surface area contributed by atoms with Crippen LogP contribution < -0.4 is 10.5 Å². The summed E-state index contributed by atoms with van der Waals surface area (Å²) >= 11 is 0. The fourth-order valence-corrected chi connectivity index (χ4v) is 5.12. The molecule has 3 N–H and O–H groups in total. The molecule has 0 atom stereocenters. The maximum atomic E-state index is 13.9. The smallest absolute Gasteiger partial charge is 0.369 e. The first kappa shape index (κ1) is 25.6. The van der Waals surface area contributed by atoms with Crippen molar-refractivity contribution in [3.05, 3.63) is 29.6 Å². The number of nitrogens with two attached hydrogens (primary N) is 1. The molecule has 10 heteroatoms. The van der Waals surface area contributed by atoms with Gasteiger partial charge in [-0.05, 0) is 43.2 Å². The number of nitrogens with one attached hydrogen (secondary N) is 1. The Kier molecular flexibility index (Phi) is 7.19. The van der Waals surface area contributed by atoms with E-state index in [0.29, 0.717) is 30.4 Å². The summed E-state index contributed by atoms with van der Waals surface area (Å²) in [5.74, 6) is 0.0923. The summed E-state index contributed by atoms with van der Waals surface area (Å²) < 4.78 is 67.8. The van der Waals surface area contributed by atoms with Crippen LogP contribution in [0.25, 0.3) is 11.3 Å². The summed E-state index contributed by atoms with van der Waals surface area (Å²) in [6, 6.07) is 2.41. The van der Waals surface area contributed by atoms with Crippen LogP contribution in [0.4, 0.5) is 19.0 Å². The van der Waals surface area contributed by atoms with Crippen molar-refractivity contribution in [3.63, 3.8) is 0 Å². The Morgan fingerprint density at radius 1 is 1.15 bits per heavy atom. The molecule has 0 aromatic carbocycles. The van der Waals surface area contributed by atoms with E-state index in [1.54, 1.807) is 11.5 Å². The zero-order valence-corrected chi connectivity index (χ0v) is 20.4. The molecule has 1 saturated carbocycles. The van der Waals surface area contributed by atoms with Gasteiger partial charge in [-0.3, -0.25) is 0 Å². The Bertz CT molecular complexity index is 1100. The van der Waals surface area contributed by atoms with E-state index in [2.05, 4.69) is 10.3 Å². The fourth-order valence-electron chi connectivity index (χ4n) is 4.32. The third-order valence-corrected chi connectivity index (χ3v) is 7.09. The molecule has 2 aromatic heterocycles. The summed E-state index contributed by atoms with van der Waals surface area (Å²) in [5, 5.41) is 8.21. The lowest BCUT2D eigenvalue weighted by molar-refractivity contribution is -0.137. The number of aromatic nitrogens is 2. The number of alkyl halides is 3. The summed E-state index contributed by atoms with van der Waals surface area (Å²) in [6.45, 7) is 8.23. The first-order valence-corrected chi connectivity index (χ1v) is 12.8. The number of halogens is 3. The molecule has 6 nitrogen and oxygen atoms in total. The first-order chi connectivity index (χ1) is 15.2. The highest BCUT2D eigenvalue weighted by Gasteiger charge is 2.35. The van der Waals surface area contributed by atoms with E-state index in [-0.39, 0.29) is 21.7 Å². The van der Waals surface area contributed by atoms with Gasteiger partial charge in [-0.1, -0.05) is 40.0 Å². The molecule has 1 aliphatic carbocycles. The highest BCUT2D eigenvalue weighted by Crippen LogP contribution is 2.38. The highest BCUT2D eigenvalue weighted by molar-refractivity contribution is 7.89. The van der Waals surface area contributed by atoms with E-state index in [1.807, 2.05) is 20.8 Å². The van der Waals surface area contributed by atoms with Gasteiger partial charge in [-0.2, -0.15) is 13.2 Å². The Morgan fingerprint density at radius 3 is 2.33 bits per heavy atom. The molecular weight excluding hydrogens is 453 g/mol. The lowest BCUT2D eigenvalue weighted by Crippen LogP contribution is -2.22. The van der Waals surface area contributed by atoms with E-state index < -0.39 is 21.8 Å². The van der Waals surface area contributed by atoms with Crippen molar-refractivity contribution in [1.82, 2.24) is 9.55 Å². The predicted molar refractivity (Wildman–Crippen MR) is 123 cm³/mol. The summed E-state index contributed by atoms with van der Waals surface area (Å²) in [4.78, 5) is 4.02. The molecule has 184 valence electrons. The fraction of sp³-hybridized carbons (Fsp3) is 0.609. The van der Waals surface area contributed by atoms with Gasteiger partial charge in [-0.25, -0.2) is 18.5 Å². The van der Waals surface area contributed by atoms with Crippen molar-refractivity contribution >= 4 is 15.8 Å². The Balaban J connectivity index is 2.10. The topological polar surface area (TPSA) is 90.0 Å². The van der Waals surface area contributed by atoms with Gasteiger partial charge < -0.3 is 9.88 Å². The van der Waals surface area contributed by atoms with Crippen LogP contribution in [-0.2, 0) is 22.7 Å². The molecule has 33 heavy (non-hydrogen) atoms. The highest BCUT2D eigenvalue weighted by atomic mass is 32.2. The molecule has 2 heterocycles. The molecule has 1 fully saturated rings. The van der Waals surface area contributed by atoms with Gasteiger partial charge in [0.1, 0.15) is 10.7 Å². The van der Waals surface area contributed by atoms with E-state index in [0.717, 1.165) is 31.7 Å². The number of primary sulfonamides is 1. The molecule has 0 amide bonds. The number of nitrogens with zero attached hydrogens (tertiary/aromatic N) is 2. The maximum absolute atomic E-state index is 13.9. The largest absolute Gasteiger partial charge is 0.419 e. The van der Waals surface area contributed by atoms with Crippen LogP contribution in [-0.4, -0.2) is 24.5 Å². The quantitative estimate of drug-likeness (QED) is 0.559. The normalized spacial score (nSPS) is 16.2. The molecule has 0 aliphatic heterocycles. The predicted octanol–water partition coefficient (Wildman–Crippen LogP) is 5.56. The summed E-state index contributed by atoms with van der Waals surface area (Å²) in [6.07, 6.45) is 2.10. The van der Waals surface area contributed by atoms with Crippen LogP contribution in [0.15, 0.2) is 23.2 Å². The third-order valence-electron chi connectivity index (χ3n) is 6.07. The second-order valence-corrected chi connectivity index (χ2v) is 11.7. The van der Waals surface area contributed by atoms with Gasteiger partial charge in [0.15, 0.2) is 0 Å². The Morgan fingerprint density at radius 2 is 1.79 bits per heavy atom. The minimum Gasteiger partial charge on any atom is -0.369 e. The van der Waals surface area contributed by atoms with Crippen LogP contribution in [0, 0.1) is 18.3 Å².